The molecule has 2 aromatic heterocycles. The van der Waals surface area contributed by atoms with Crippen LogP contribution in [0.2, 0.25) is 0 Å². The van der Waals surface area contributed by atoms with Crippen molar-refractivity contribution in [1.82, 2.24) is 9.55 Å². The van der Waals surface area contributed by atoms with Gasteiger partial charge in [-0.1, -0.05) is 91.0 Å². The van der Waals surface area contributed by atoms with E-state index >= 15 is 0 Å². The molecule has 31 heavy (non-hydrogen) atoms. The lowest BCUT2D eigenvalue weighted by atomic mass is 10.0. The molecule has 0 atom stereocenters. The van der Waals surface area contributed by atoms with Gasteiger partial charge in [-0.15, -0.1) is 0 Å². The summed E-state index contributed by atoms with van der Waals surface area (Å²) in [6.07, 6.45) is 1.90. The molecule has 0 saturated heterocycles. The molecular weight excluding hydrogens is 376 g/mol. The van der Waals surface area contributed by atoms with E-state index in [1.54, 1.807) is 0 Å². The maximum Gasteiger partial charge on any atom is 0.0722 e. The maximum atomic E-state index is 4.67. The summed E-state index contributed by atoms with van der Waals surface area (Å²) in [4.78, 5) is 4.67. The minimum absolute atomic E-state index is 0.971. The van der Waals surface area contributed by atoms with Crippen LogP contribution >= 0.6 is 0 Å². The number of aromatic nitrogens is 2. The number of benzene rings is 4. The molecule has 0 bridgehead atoms. The molecule has 0 fully saturated rings. The van der Waals surface area contributed by atoms with Gasteiger partial charge in [0, 0.05) is 28.2 Å². The number of pyridine rings is 1. The van der Waals surface area contributed by atoms with E-state index in [0.29, 0.717) is 0 Å². The smallest absolute Gasteiger partial charge is 0.0722 e. The molecule has 0 aliphatic heterocycles. The first-order valence-electron chi connectivity index (χ1n) is 10.5. The van der Waals surface area contributed by atoms with Crippen molar-refractivity contribution in [2.24, 2.45) is 0 Å². The van der Waals surface area contributed by atoms with Crippen LogP contribution in [0.4, 0.5) is 0 Å². The van der Waals surface area contributed by atoms with Gasteiger partial charge in [-0.2, -0.15) is 0 Å². The van der Waals surface area contributed by atoms with E-state index in [4.69, 9.17) is 0 Å². The second-order valence-electron chi connectivity index (χ2n) is 7.71. The van der Waals surface area contributed by atoms with Crippen LogP contribution in [0.1, 0.15) is 0 Å². The summed E-state index contributed by atoms with van der Waals surface area (Å²) in [6, 6.07) is 40.5. The van der Waals surface area contributed by atoms with Gasteiger partial charge >= 0.3 is 0 Å². The predicted molar refractivity (Wildman–Crippen MR) is 129 cm³/mol. The Morgan fingerprint density at radius 2 is 1.03 bits per heavy atom. The van der Waals surface area contributed by atoms with Crippen LogP contribution in [0.3, 0.4) is 0 Å². The maximum absolute atomic E-state index is 4.67. The van der Waals surface area contributed by atoms with Gasteiger partial charge in [-0.3, -0.25) is 4.98 Å². The van der Waals surface area contributed by atoms with Gasteiger partial charge in [-0.05, 0) is 35.4 Å². The molecule has 2 heterocycles. The summed E-state index contributed by atoms with van der Waals surface area (Å²) in [5.74, 6) is 0. The van der Waals surface area contributed by atoms with Gasteiger partial charge in [0.05, 0.1) is 16.7 Å². The number of fused-ring (bicyclic) bond motifs is 3. The van der Waals surface area contributed by atoms with Crippen molar-refractivity contribution in [2.45, 2.75) is 0 Å². The third kappa shape index (κ3) is 3.01. The van der Waals surface area contributed by atoms with Crippen LogP contribution in [0, 0.1) is 0 Å². The van der Waals surface area contributed by atoms with E-state index < -0.39 is 0 Å². The topological polar surface area (TPSA) is 17.8 Å². The van der Waals surface area contributed by atoms with Gasteiger partial charge < -0.3 is 4.57 Å². The van der Waals surface area contributed by atoms with E-state index in [1.165, 1.54) is 32.9 Å². The lowest BCUT2D eigenvalue weighted by molar-refractivity contribution is 1.16. The highest BCUT2D eigenvalue weighted by Gasteiger charge is 2.12. The monoisotopic (exact) mass is 396 g/mol. The zero-order valence-electron chi connectivity index (χ0n) is 16.9. The molecule has 0 saturated carbocycles. The molecule has 6 rings (SSSR count). The Morgan fingerprint density at radius 3 is 1.71 bits per heavy atom. The van der Waals surface area contributed by atoms with Crippen molar-refractivity contribution < 1.29 is 0 Å². The molecule has 0 unspecified atom stereocenters. The summed E-state index contributed by atoms with van der Waals surface area (Å²) < 4.78 is 2.33. The zero-order valence-corrected chi connectivity index (χ0v) is 16.9. The van der Waals surface area contributed by atoms with Crippen LogP contribution in [0.5, 0.6) is 0 Å². The largest absolute Gasteiger partial charge is 0.309 e. The van der Waals surface area contributed by atoms with Gasteiger partial charge in [0.1, 0.15) is 0 Å². The third-order valence-electron chi connectivity index (χ3n) is 5.87. The number of nitrogens with zero attached hydrogens (tertiary/aromatic N) is 2. The first-order chi connectivity index (χ1) is 15.4. The molecule has 146 valence electrons. The average Bonchev–Trinajstić information content (AvgIpc) is 3.19. The predicted octanol–water partition coefficient (Wildman–Crippen LogP) is 7.51. The Kier molecular flexibility index (Phi) is 4.14. The highest BCUT2D eigenvalue weighted by molar-refractivity contribution is 6.09. The van der Waals surface area contributed by atoms with Crippen LogP contribution in [-0.4, -0.2) is 9.55 Å². The molecule has 6 aromatic rings. The molecule has 4 aromatic carbocycles. The highest BCUT2D eigenvalue weighted by atomic mass is 15.0. The Labute approximate surface area is 181 Å². The fraction of sp³-hybridized carbons (Fsp3) is 0. The second kappa shape index (κ2) is 7.26. The lowest BCUT2D eigenvalue weighted by Gasteiger charge is -2.10. The Hall–Kier alpha value is -4.17. The lowest BCUT2D eigenvalue weighted by Crippen LogP contribution is -1.95. The minimum Gasteiger partial charge on any atom is -0.309 e. The molecule has 0 radical (unpaired) electrons. The first-order valence-corrected chi connectivity index (χ1v) is 10.5. The van der Waals surface area contributed by atoms with Crippen LogP contribution in [0.25, 0.3) is 49.9 Å². The molecule has 0 N–H and O–H groups in total. The fourth-order valence-electron chi connectivity index (χ4n) is 4.38. The van der Waals surface area contributed by atoms with Crippen molar-refractivity contribution in [3.8, 4) is 28.1 Å². The average molecular weight is 396 g/mol. The SMILES string of the molecule is c1ccc(-c2ccc(-c3cc(-n4c5ccccc5c5ccccc54)ccn3)cc2)cc1. The fourth-order valence-corrected chi connectivity index (χ4v) is 4.38. The van der Waals surface area contributed by atoms with Crippen molar-refractivity contribution in [1.29, 1.82) is 0 Å². The number of hydrogen-bond donors (Lipinski definition) is 0. The van der Waals surface area contributed by atoms with Gasteiger partial charge in [0.25, 0.3) is 0 Å². The number of para-hydroxylation sites is 2. The summed E-state index contributed by atoms with van der Waals surface area (Å²) in [6.45, 7) is 0. The molecule has 2 nitrogen and oxygen atoms in total. The van der Waals surface area contributed by atoms with Gasteiger partial charge in [-0.25, -0.2) is 0 Å². The summed E-state index contributed by atoms with van der Waals surface area (Å²) in [5.41, 5.74) is 8.06. The van der Waals surface area contributed by atoms with Crippen molar-refractivity contribution >= 4 is 21.8 Å². The van der Waals surface area contributed by atoms with E-state index in [-0.39, 0.29) is 0 Å². The Balaban J connectivity index is 1.47. The van der Waals surface area contributed by atoms with Crippen molar-refractivity contribution in [2.75, 3.05) is 0 Å². The third-order valence-corrected chi connectivity index (χ3v) is 5.87. The molecule has 0 spiro atoms. The molecular formula is C29H20N2. The van der Waals surface area contributed by atoms with Crippen molar-refractivity contribution in [3.05, 3.63) is 121 Å². The minimum atomic E-state index is 0.971. The molecule has 0 amide bonds. The molecule has 0 aliphatic carbocycles. The Bertz CT molecular complexity index is 1460. The Morgan fingerprint density at radius 1 is 0.484 bits per heavy atom. The van der Waals surface area contributed by atoms with Gasteiger partial charge in [0.2, 0.25) is 0 Å². The first kappa shape index (κ1) is 17.7. The van der Waals surface area contributed by atoms with Gasteiger partial charge in [0.15, 0.2) is 0 Å². The zero-order chi connectivity index (χ0) is 20.6. The summed E-state index contributed by atoms with van der Waals surface area (Å²) in [5, 5.41) is 2.53. The standard InChI is InChI=1S/C29H20N2/c1-2-8-21(9-3-1)22-14-16-23(17-15-22)27-20-24(18-19-30-27)31-28-12-6-4-10-25(28)26-11-5-7-13-29(26)31/h1-20H. The number of rotatable bonds is 3. The van der Waals surface area contributed by atoms with Crippen LogP contribution < -0.4 is 0 Å². The highest BCUT2D eigenvalue weighted by Crippen LogP contribution is 2.32. The van der Waals surface area contributed by atoms with Crippen LogP contribution in [-0.2, 0) is 0 Å². The molecule has 0 aliphatic rings. The number of hydrogen-bond acceptors (Lipinski definition) is 1. The van der Waals surface area contributed by atoms with E-state index in [0.717, 1.165) is 16.9 Å². The molecule has 2 heteroatoms. The summed E-state index contributed by atoms with van der Waals surface area (Å²) in [7, 11) is 0. The van der Waals surface area contributed by atoms with Crippen molar-refractivity contribution in [3.63, 3.8) is 0 Å². The van der Waals surface area contributed by atoms with E-state index in [2.05, 4.69) is 119 Å². The summed E-state index contributed by atoms with van der Waals surface area (Å²) >= 11 is 0. The normalized spacial score (nSPS) is 11.2. The van der Waals surface area contributed by atoms with E-state index in [9.17, 15) is 0 Å². The second-order valence-corrected chi connectivity index (χ2v) is 7.71. The van der Waals surface area contributed by atoms with Crippen LogP contribution in [0.15, 0.2) is 121 Å². The quantitative estimate of drug-likeness (QED) is 0.303. The van der Waals surface area contributed by atoms with E-state index in [1.807, 2.05) is 12.3 Å².